The molecule has 27 heavy (non-hydrogen) atoms. The predicted octanol–water partition coefficient (Wildman–Crippen LogP) is 4.33. The summed E-state index contributed by atoms with van der Waals surface area (Å²) in [6.07, 6.45) is 2.00. The lowest BCUT2D eigenvalue weighted by Crippen LogP contribution is -2.36. The topological polar surface area (TPSA) is 30.9 Å². The molecule has 1 fully saturated rings. The molecule has 0 radical (unpaired) electrons. The Labute approximate surface area is 164 Å². The van der Waals surface area contributed by atoms with Gasteiger partial charge in [-0.15, -0.1) is 0 Å². The molecule has 0 bridgehead atoms. The third-order valence-electron chi connectivity index (χ3n) is 4.71. The quantitative estimate of drug-likeness (QED) is 0.668. The molecule has 0 aromatic heterocycles. The summed E-state index contributed by atoms with van der Waals surface area (Å²) in [4.78, 5) is 2.42. The van der Waals surface area contributed by atoms with Crippen molar-refractivity contribution in [2.45, 2.75) is 19.4 Å². The Hall–Kier alpha value is -1.82. The predicted molar refractivity (Wildman–Crippen MR) is 104 cm³/mol. The second kappa shape index (κ2) is 9.93. The lowest BCUT2D eigenvalue weighted by atomic mass is 10.1. The highest BCUT2D eigenvalue weighted by Crippen LogP contribution is 2.30. The molecule has 0 unspecified atom stereocenters. The van der Waals surface area contributed by atoms with Gasteiger partial charge < -0.3 is 14.2 Å². The van der Waals surface area contributed by atoms with Gasteiger partial charge in [-0.05, 0) is 49.2 Å². The zero-order chi connectivity index (χ0) is 19.1. The Morgan fingerprint density at radius 3 is 2.70 bits per heavy atom. The van der Waals surface area contributed by atoms with Crippen molar-refractivity contribution < 1.29 is 18.6 Å². The van der Waals surface area contributed by atoms with E-state index in [0.717, 1.165) is 45.7 Å². The summed E-state index contributed by atoms with van der Waals surface area (Å²) in [5.41, 5.74) is 1.51. The van der Waals surface area contributed by atoms with Crippen molar-refractivity contribution in [2.24, 2.45) is 0 Å². The van der Waals surface area contributed by atoms with Crippen LogP contribution in [-0.4, -0.2) is 44.9 Å². The zero-order valence-corrected chi connectivity index (χ0v) is 16.3. The molecule has 4 nitrogen and oxygen atoms in total. The number of rotatable bonds is 8. The molecule has 0 N–H and O–H groups in total. The number of halogens is 2. The van der Waals surface area contributed by atoms with Gasteiger partial charge >= 0.3 is 0 Å². The van der Waals surface area contributed by atoms with Crippen LogP contribution in [0.1, 0.15) is 17.5 Å². The molecule has 0 saturated carbocycles. The number of morpholine rings is 1. The Kier molecular flexibility index (Phi) is 7.33. The smallest absolute Gasteiger partial charge is 0.161 e. The van der Waals surface area contributed by atoms with Crippen molar-refractivity contribution in [1.29, 1.82) is 0 Å². The first-order valence-corrected chi connectivity index (χ1v) is 9.58. The van der Waals surface area contributed by atoms with Gasteiger partial charge in [0.15, 0.2) is 11.5 Å². The summed E-state index contributed by atoms with van der Waals surface area (Å²) in [7, 11) is 1.59. The van der Waals surface area contributed by atoms with Gasteiger partial charge in [-0.2, -0.15) is 0 Å². The van der Waals surface area contributed by atoms with Crippen LogP contribution >= 0.6 is 11.6 Å². The van der Waals surface area contributed by atoms with Gasteiger partial charge in [-0.25, -0.2) is 4.39 Å². The second-order valence-corrected chi connectivity index (χ2v) is 6.94. The van der Waals surface area contributed by atoms with E-state index in [0.29, 0.717) is 22.1 Å². The van der Waals surface area contributed by atoms with Crippen LogP contribution in [0.15, 0.2) is 36.4 Å². The van der Waals surface area contributed by atoms with Gasteiger partial charge in [0.1, 0.15) is 12.4 Å². The zero-order valence-electron chi connectivity index (χ0n) is 15.5. The highest BCUT2D eigenvalue weighted by molar-refractivity contribution is 6.31. The molecule has 0 spiro atoms. The highest BCUT2D eigenvalue weighted by atomic mass is 35.5. The van der Waals surface area contributed by atoms with E-state index in [1.165, 1.54) is 11.6 Å². The normalized spacial score (nSPS) is 14.9. The van der Waals surface area contributed by atoms with E-state index in [4.69, 9.17) is 25.8 Å². The van der Waals surface area contributed by atoms with Crippen LogP contribution in [0.4, 0.5) is 4.39 Å². The van der Waals surface area contributed by atoms with E-state index in [9.17, 15) is 4.39 Å². The van der Waals surface area contributed by atoms with Crippen molar-refractivity contribution in [2.75, 3.05) is 40.0 Å². The first kappa shape index (κ1) is 19.9. The standard InChI is InChI=1S/C21H25ClFNO3/c1-25-20-8-7-16(4-3-9-24-10-12-26-13-11-24)14-21(20)27-15-17-18(22)5-2-6-19(17)23/h2,5-8,14H,3-4,9-13,15H2,1H3. The van der Waals surface area contributed by atoms with E-state index in [1.807, 2.05) is 18.2 Å². The van der Waals surface area contributed by atoms with Gasteiger partial charge in [-0.1, -0.05) is 23.7 Å². The van der Waals surface area contributed by atoms with E-state index in [1.54, 1.807) is 19.2 Å². The molecule has 1 saturated heterocycles. The molecule has 2 aromatic rings. The molecule has 0 aliphatic carbocycles. The lowest BCUT2D eigenvalue weighted by Gasteiger charge is -2.26. The number of methoxy groups -OCH3 is 1. The number of benzene rings is 2. The van der Waals surface area contributed by atoms with Crippen LogP contribution in [-0.2, 0) is 17.8 Å². The second-order valence-electron chi connectivity index (χ2n) is 6.53. The summed E-state index contributed by atoms with van der Waals surface area (Å²) in [5, 5.41) is 0.357. The van der Waals surface area contributed by atoms with E-state index in [2.05, 4.69) is 4.90 Å². The Morgan fingerprint density at radius 2 is 1.96 bits per heavy atom. The van der Waals surface area contributed by atoms with Crippen LogP contribution in [0.5, 0.6) is 11.5 Å². The van der Waals surface area contributed by atoms with E-state index < -0.39 is 0 Å². The third-order valence-corrected chi connectivity index (χ3v) is 5.06. The minimum Gasteiger partial charge on any atom is -0.493 e. The number of hydrogen-bond donors (Lipinski definition) is 0. The van der Waals surface area contributed by atoms with Crippen molar-refractivity contribution in [3.63, 3.8) is 0 Å². The molecule has 0 amide bonds. The van der Waals surface area contributed by atoms with Gasteiger partial charge in [0, 0.05) is 18.7 Å². The average Bonchev–Trinajstić information content (AvgIpc) is 2.68. The first-order valence-electron chi connectivity index (χ1n) is 9.20. The first-order chi connectivity index (χ1) is 13.2. The molecule has 1 aliphatic rings. The number of nitrogens with zero attached hydrogens (tertiary/aromatic N) is 1. The molecular weight excluding hydrogens is 369 g/mol. The lowest BCUT2D eigenvalue weighted by molar-refractivity contribution is 0.0374. The molecule has 6 heteroatoms. The summed E-state index contributed by atoms with van der Waals surface area (Å²) in [5.74, 6) is 0.850. The maximum atomic E-state index is 13.9. The maximum Gasteiger partial charge on any atom is 0.161 e. The van der Waals surface area contributed by atoms with Crippen LogP contribution < -0.4 is 9.47 Å². The minimum absolute atomic E-state index is 0.0547. The van der Waals surface area contributed by atoms with Gasteiger partial charge in [0.25, 0.3) is 0 Å². The summed E-state index contributed by atoms with van der Waals surface area (Å²) < 4.78 is 30.5. The Bertz CT molecular complexity index is 730. The van der Waals surface area contributed by atoms with Crippen molar-refractivity contribution in [3.8, 4) is 11.5 Å². The van der Waals surface area contributed by atoms with Gasteiger partial charge in [0.2, 0.25) is 0 Å². The van der Waals surface area contributed by atoms with Crippen molar-refractivity contribution in [1.82, 2.24) is 4.90 Å². The van der Waals surface area contributed by atoms with E-state index >= 15 is 0 Å². The molecule has 1 aliphatic heterocycles. The summed E-state index contributed by atoms with van der Waals surface area (Å²) in [6, 6.07) is 10.5. The number of hydrogen-bond acceptors (Lipinski definition) is 4. The van der Waals surface area contributed by atoms with Crippen molar-refractivity contribution >= 4 is 11.6 Å². The highest BCUT2D eigenvalue weighted by Gasteiger charge is 2.12. The molecular formula is C21H25ClFNO3. The molecule has 3 rings (SSSR count). The monoisotopic (exact) mass is 393 g/mol. The summed E-state index contributed by atoms with van der Waals surface area (Å²) in [6.45, 7) is 4.74. The minimum atomic E-state index is -0.372. The molecule has 0 atom stereocenters. The molecule has 2 aromatic carbocycles. The van der Waals surface area contributed by atoms with Crippen LogP contribution in [0, 0.1) is 5.82 Å². The van der Waals surface area contributed by atoms with E-state index in [-0.39, 0.29) is 12.4 Å². The van der Waals surface area contributed by atoms with Crippen LogP contribution in [0.25, 0.3) is 0 Å². The van der Waals surface area contributed by atoms with Crippen LogP contribution in [0.3, 0.4) is 0 Å². The third kappa shape index (κ3) is 5.58. The van der Waals surface area contributed by atoms with Crippen molar-refractivity contribution in [3.05, 3.63) is 58.4 Å². The number of ether oxygens (including phenoxy) is 3. The van der Waals surface area contributed by atoms with Crippen LogP contribution in [0.2, 0.25) is 5.02 Å². The Balaban J connectivity index is 1.61. The number of aryl methyl sites for hydroxylation is 1. The fraction of sp³-hybridized carbons (Fsp3) is 0.429. The largest absolute Gasteiger partial charge is 0.493 e. The Morgan fingerprint density at radius 1 is 1.15 bits per heavy atom. The molecule has 146 valence electrons. The van der Waals surface area contributed by atoms with Gasteiger partial charge in [-0.3, -0.25) is 4.90 Å². The van der Waals surface area contributed by atoms with Gasteiger partial charge in [0.05, 0.1) is 25.3 Å². The fourth-order valence-corrected chi connectivity index (χ4v) is 3.36. The fourth-order valence-electron chi connectivity index (χ4n) is 3.14. The summed E-state index contributed by atoms with van der Waals surface area (Å²) >= 11 is 6.08. The molecule has 1 heterocycles. The SMILES string of the molecule is COc1ccc(CCCN2CCOCC2)cc1OCc1c(F)cccc1Cl. The maximum absolute atomic E-state index is 13.9. The average molecular weight is 394 g/mol.